The zero-order valence-corrected chi connectivity index (χ0v) is 21.9. The lowest BCUT2D eigenvalue weighted by molar-refractivity contribution is -0.113. The van der Waals surface area contributed by atoms with Crippen LogP contribution in [0.1, 0.15) is 26.3 Å². The number of aromatic amines is 1. The Kier molecular flexibility index (Phi) is 9.85. The SMILES string of the molecule is CCOc1ccc(/C=N/Nc2nc(SCC(=O)Nc3ccc(S(=O)(=O)N(CC)CC)cc3)n[nH]2)cc1. The van der Waals surface area contributed by atoms with Crippen LogP contribution in [0.3, 0.4) is 0 Å². The number of aromatic nitrogens is 3. The summed E-state index contributed by atoms with van der Waals surface area (Å²) >= 11 is 1.15. The van der Waals surface area contributed by atoms with Crippen LogP contribution in [0.25, 0.3) is 0 Å². The van der Waals surface area contributed by atoms with Crippen molar-refractivity contribution in [1.82, 2.24) is 19.5 Å². The van der Waals surface area contributed by atoms with Gasteiger partial charge in [0.05, 0.1) is 23.5 Å². The van der Waals surface area contributed by atoms with Crippen LogP contribution in [0.4, 0.5) is 11.6 Å². The Bertz CT molecular complexity index is 1260. The number of amides is 1. The molecule has 2 aromatic carbocycles. The lowest BCUT2D eigenvalue weighted by Crippen LogP contribution is -2.30. The van der Waals surface area contributed by atoms with E-state index in [0.717, 1.165) is 23.1 Å². The first-order chi connectivity index (χ1) is 17.3. The molecule has 0 saturated carbocycles. The first-order valence-corrected chi connectivity index (χ1v) is 13.8. The van der Waals surface area contributed by atoms with Gasteiger partial charge in [-0.3, -0.25) is 4.79 Å². The molecule has 0 saturated heterocycles. The Balaban J connectivity index is 1.46. The number of H-pyrrole nitrogens is 1. The van der Waals surface area contributed by atoms with Crippen LogP contribution < -0.4 is 15.5 Å². The third-order valence-electron chi connectivity index (χ3n) is 4.85. The molecule has 0 bridgehead atoms. The number of rotatable bonds is 13. The van der Waals surface area contributed by atoms with E-state index in [1.165, 1.54) is 16.4 Å². The number of hydrogen-bond acceptors (Lipinski definition) is 9. The van der Waals surface area contributed by atoms with Crippen molar-refractivity contribution in [3.63, 3.8) is 0 Å². The molecule has 13 heteroatoms. The van der Waals surface area contributed by atoms with Gasteiger partial charge in [-0.1, -0.05) is 25.6 Å². The van der Waals surface area contributed by atoms with Gasteiger partial charge in [-0.05, 0) is 61.0 Å². The summed E-state index contributed by atoms with van der Waals surface area (Å²) in [6.07, 6.45) is 1.64. The predicted octanol–water partition coefficient (Wildman–Crippen LogP) is 3.41. The van der Waals surface area contributed by atoms with Crippen LogP contribution >= 0.6 is 11.8 Å². The number of hydrazone groups is 1. The van der Waals surface area contributed by atoms with Gasteiger partial charge in [0.15, 0.2) is 0 Å². The summed E-state index contributed by atoms with van der Waals surface area (Å²) in [6.45, 7) is 6.90. The molecule has 0 unspecified atom stereocenters. The van der Waals surface area contributed by atoms with Crippen molar-refractivity contribution < 1.29 is 17.9 Å². The van der Waals surface area contributed by atoms with E-state index in [-0.39, 0.29) is 16.6 Å². The molecule has 0 radical (unpaired) electrons. The molecule has 192 valence electrons. The number of sulfonamides is 1. The van der Waals surface area contributed by atoms with Gasteiger partial charge < -0.3 is 10.1 Å². The molecule has 1 aromatic heterocycles. The van der Waals surface area contributed by atoms with Gasteiger partial charge in [0.2, 0.25) is 27.0 Å². The zero-order valence-electron chi connectivity index (χ0n) is 20.3. The Hall–Kier alpha value is -3.42. The smallest absolute Gasteiger partial charge is 0.243 e. The average molecular weight is 532 g/mol. The van der Waals surface area contributed by atoms with Crippen molar-refractivity contribution in [1.29, 1.82) is 0 Å². The number of anilines is 2. The van der Waals surface area contributed by atoms with E-state index in [0.29, 0.717) is 36.5 Å². The molecule has 0 aliphatic rings. The molecule has 0 aliphatic carbocycles. The van der Waals surface area contributed by atoms with Crippen LogP contribution in [0.2, 0.25) is 0 Å². The minimum absolute atomic E-state index is 0.0756. The molecule has 3 aromatic rings. The van der Waals surface area contributed by atoms with Crippen molar-refractivity contribution >= 4 is 45.5 Å². The Morgan fingerprint density at radius 1 is 1.11 bits per heavy atom. The third-order valence-corrected chi connectivity index (χ3v) is 7.77. The highest BCUT2D eigenvalue weighted by molar-refractivity contribution is 7.99. The van der Waals surface area contributed by atoms with E-state index in [1.807, 2.05) is 31.2 Å². The highest BCUT2D eigenvalue weighted by Gasteiger charge is 2.21. The van der Waals surface area contributed by atoms with Crippen LogP contribution in [0.5, 0.6) is 5.75 Å². The van der Waals surface area contributed by atoms with Crippen molar-refractivity contribution in [3.05, 3.63) is 54.1 Å². The molecular formula is C23H29N7O4S2. The van der Waals surface area contributed by atoms with Gasteiger partial charge in [0.1, 0.15) is 5.75 Å². The number of nitrogens with one attached hydrogen (secondary N) is 3. The van der Waals surface area contributed by atoms with Crippen LogP contribution in [-0.4, -0.2) is 65.5 Å². The quantitative estimate of drug-likeness (QED) is 0.173. The fourth-order valence-electron chi connectivity index (χ4n) is 3.10. The molecule has 3 N–H and O–H groups in total. The minimum Gasteiger partial charge on any atom is -0.494 e. The number of carbonyl (C=O) groups excluding carboxylic acids is 1. The van der Waals surface area contributed by atoms with E-state index >= 15 is 0 Å². The van der Waals surface area contributed by atoms with Gasteiger partial charge in [0.25, 0.3) is 0 Å². The Morgan fingerprint density at radius 3 is 2.44 bits per heavy atom. The normalized spacial score (nSPS) is 11.7. The summed E-state index contributed by atoms with van der Waals surface area (Å²) in [6, 6.07) is 13.6. The number of hydrogen-bond donors (Lipinski definition) is 3. The molecule has 0 spiro atoms. The first-order valence-electron chi connectivity index (χ1n) is 11.3. The zero-order chi connectivity index (χ0) is 26.0. The Morgan fingerprint density at radius 2 is 1.81 bits per heavy atom. The summed E-state index contributed by atoms with van der Waals surface area (Å²) < 4.78 is 31.9. The monoisotopic (exact) mass is 531 g/mol. The number of thioether (sulfide) groups is 1. The molecule has 0 fully saturated rings. The highest BCUT2D eigenvalue weighted by Crippen LogP contribution is 2.19. The van der Waals surface area contributed by atoms with Crippen molar-refractivity contribution in [2.75, 3.05) is 36.2 Å². The fourth-order valence-corrected chi connectivity index (χ4v) is 5.15. The molecule has 1 heterocycles. The van der Waals surface area contributed by atoms with Gasteiger partial charge in [-0.25, -0.2) is 18.9 Å². The maximum absolute atomic E-state index is 12.6. The van der Waals surface area contributed by atoms with Gasteiger partial charge in [-0.15, -0.1) is 5.10 Å². The summed E-state index contributed by atoms with van der Waals surface area (Å²) in [5.41, 5.74) is 4.14. The highest BCUT2D eigenvalue weighted by atomic mass is 32.2. The second-order valence-corrected chi connectivity index (χ2v) is 10.2. The Labute approximate surface area is 214 Å². The molecule has 11 nitrogen and oxygen atoms in total. The maximum atomic E-state index is 12.6. The maximum Gasteiger partial charge on any atom is 0.243 e. The lowest BCUT2D eigenvalue weighted by Gasteiger charge is -2.18. The van der Waals surface area contributed by atoms with Crippen LogP contribution in [0.15, 0.2) is 63.7 Å². The number of ether oxygens (including phenoxy) is 1. The van der Waals surface area contributed by atoms with E-state index in [1.54, 1.807) is 32.2 Å². The lowest BCUT2D eigenvalue weighted by atomic mass is 10.2. The summed E-state index contributed by atoms with van der Waals surface area (Å²) in [7, 11) is -3.54. The first kappa shape index (κ1) is 27.2. The van der Waals surface area contributed by atoms with Gasteiger partial charge in [-0.2, -0.15) is 14.4 Å². The van der Waals surface area contributed by atoms with E-state index < -0.39 is 10.0 Å². The molecular weight excluding hydrogens is 502 g/mol. The van der Waals surface area contributed by atoms with Gasteiger partial charge >= 0.3 is 0 Å². The minimum atomic E-state index is -3.54. The molecule has 3 rings (SSSR count). The fraction of sp³-hybridized carbons (Fsp3) is 0.304. The van der Waals surface area contributed by atoms with Crippen molar-refractivity contribution in [2.24, 2.45) is 5.10 Å². The molecule has 0 atom stereocenters. The number of benzene rings is 2. The van der Waals surface area contributed by atoms with E-state index in [4.69, 9.17) is 4.74 Å². The largest absolute Gasteiger partial charge is 0.494 e. The molecule has 1 amide bonds. The van der Waals surface area contributed by atoms with E-state index in [2.05, 4.69) is 31.0 Å². The standard InChI is InChI=1S/C23H29N7O4S2/c1-4-30(5-2)36(32,33)20-13-9-18(10-14-20)25-21(31)16-35-23-26-22(28-29-23)27-24-15-17-7-11-19(12-8-17)34-6-3/h7-15H,4-6,16H2,1-3H3,(H,25,31)(H2,26,27,28,29)/b24-15+. The van der Waals surface area contributed by atoms with Crippen LogP contribution in [0, 0.1) is 0 Å². The van der Waals surface area contributed by atoms with E-state index in [9.17, 15) is 13.2 Å². The molecule has 36 heavy (non-hydrogen) atoms. The summed E-state index contributed by atoms with van der Waals surface area (Å²) in [5, 5.41) is 14.0. The second kappa shape index (κ2) is 13.0. The molecule has 0 aliphatic heterocycles. The predicted molar refractivity (Wildman–Crippen MR) is 141 cm³/mol. The summed E-state index contributed by atoms with van der Waals surface area (Å²) in [4.78, 5) is 16.7. The third kappa shape index (κ3) is 7.54. The second-order valence-electron chi connectivity index (χ2n) is 7.29. The van der Waals surface area contributed by atoms with Crippen molar-refractivity contribution in [3.8, 4) is 5.75 Å². The summed E-state index contributed by atoms with van der Waals surface area (Å²) in [5.74, 6) is 0.938. The van der Waals surface area contributed by atoms with Gasteiger partial charge in [0, 0.05) is 18.8 Å². The number of carbonyl (C=O) groups is 1. The average Bonchev–Trinajstić information content (AvgIpc) is 3.33. The number of nitrogens with zero attached hydrogens (tertiary/aromatic N) is 4. The van der Waals surface area contributed by atoms with Crippen molar-refractivity contribution in [2.45, 2.75) is 30.8 Å². The van der Waals surface area contributed by atoms with Crippen LogP contribution in [-0.2, 0) is 14.8 Å². The topological polar surface area (TPSA) is 142 Å².